The second-order valence-electron chi connectivity index (χ2n) is 5.79. The summed E-state index contributed by atoms with van der Waals surface area (Å²) in [7, 11) is 0. The molecule has 0 fully saturated rings. The van der Waals surface area contributed by atoms with Gasteiger partial charge in [0.2, 0.25) is 5.65 Å². The first kappa shape index (κ1) is 14.4. The van der Waals surface area contributed by atoms with E-state index in [-0.39, 0.29) is 6.04 Å². The molecule has 3 N–H and O–H groups in total. The van der Waals surface area contributed by atoms with E-state index in [0.717, 1.165) is 16.6 Å². The molecule has 1 atom stereocenters. The Morgan fingerprint density at radius 2 is 2.04 bits per heavy atom. The van der Waals surface area contributed by atoms with Crippen LogP contribution >= 0.6 is 0 Å². The molecule has 24 heavy (non-hydrogen) atoms. The topological polar surface area (TPSA) is 98.3 Å². The van der Waals surface area contributed by atoms with E-state index < -0.39 is 0 Å². The van der Waals surface area contributed by atoms with Crippen LogP contribution in [0.1, 0.15) is 29.7 Å². The first-order valence-corrected chi connectivity index (χ1v) is 7.74. The Bertz CT molecular complexity index is 971. The van der Waals surface area contributed by atoms with E-state index in [2.05, 4.69) is 50.7 Å². The average Bonchev–Trinajstić information content (AvgIpc) is 3.24. The molecule has 7 nitrogen and oxygen atoms in total. The molecule has 4 aromatic rings. The largest absolute Gasteiger partial charge is 0.384 e. The standard InChI is InChI=1S/C17H17N7/c1-11(13-5-3-2-4-6-13)24-10-12(9-19-24)7-14-8-15(18)20-17-16(14)21-23-22-17/h2-6,8-11H,7H2,1H3,(H3,18,20,21,22,23). The third-order valence-corrected chi connectivity index (χ3v) is 4.12. The third-order valence-electron chi connectivity index (χ3n) is 4.12. The van der Waals surface area contributed by atoms with Crippen molar-refractivity contribution in [3.63, 3.8) is 0 Å². The summed E-state index contributed by atoms with van der Waals surface area (Å²) in [6.45, 7) is 2.13. The molecule has 3 aromatic heterocycles. The zero-order valence-electron chi connectivity index (χ0n) is 13.2. The molecule has 0 aliphatic rings. The summed E-state index contributed by atoms with van der Waals surface area (Å²) in [4.78, 5) is 4.16. The van der Waals surface area contributed by atoms with Crippen LogP contribution in [0.4, 0.5) is 5.82 Å². The quantitative estimate of drug-likeness (QED) is 0.601. The predicted octanol–water partition coefficient (Wildman–Crippen LogP) is 2.33. The molecule has 0 aliphatic heterocycles. The maximum absolute atomic E-state index is 5.85. The number of nitrogens with two attached hydrogens (primary N) is 1. The van der Waals surface area contributed by atoms with E-state index >= 15 is 0 Å². The minimum Gasteiger partial charge on any atom is -0.384 e. The number of hydrogen-bond acceptors (Lipinski definition) is 5. The van der Waals surface area contributed by atoms with Crippen LogP contribution in [0.15, 0.2) is 48.8 Å². The number of H-pyrrole nitrogens is 1. The van der Waals surface area contributed by atoms with Gasteiger partial charge >= 0.3 is 0 Å². The minimum absolute atomic E-state index is 0.175. The predicted molar refractivity (Wildman–Crippen MR) is 91.4 cm³/mol. The highest BCUT2D eigenvalue weighted by Gasteiger charge is 2.12. The molecule has 7 heteroatoms. The smallest absolute Gasteiger partial charge is 0.203 e. The summed E-state index contributed by atoms with van der Waals surface area (Å²) in [5, 5.41) is 15.3. The third kappa shape index (κ3) is 2.60. The Morgan fingerprint density at radius 1 is 1.21 bits per heavy atom. The van der Waals surface area contributed by atoms with Crippen LogP contribution in [0.25, 0.3) is 11.2 Å². The molecule has 0 bridgehead atoms. The fourth-order valence-corrected chi connectivity index (χ4v) is 2.84. The molecule has 0 aliphatic carbocycles. The van der Waals surface area contributed by atoms with Gasteiger partial charge in [0.25, 0.3) is 0 Å². The second kappa shape index (κ2) is 5.77. The molecule has 4 rings (SSSR count). The molecule has 1 unspecified atom stereocenters. The van der Waals surface area contributed by atoms with Gasteiger partial charge in [-0.3, -0.25) is 4.68 Å². The lowest BCUT2D eigenvalue weighted by Crippen LogP contribution is -2.06. The zero-order chi connectivity index (χ0) is 16.5. The number of aromatic nitrogens is 6. The first-order chi connectivity index (χ1) is 11.7. The van der Waals surface area contributed by atoms with Crippen LogP contribution in [0.5, 0.6) is 0 Å². The Hall–Kier alpha value is -3.22. The number of anilines is 1. The lowest BCUT2D eigenvalue weighted by Gasteiger charge is -2.12. The number of nitrogen functional groups attached to an aromatic ring is 1. The number of fused-ring (bicyclic) bond motifs is 1. The number of benzene rings is 1. The molecular formula is C17H17N7. The summed E-state index contributed by atoms with van der Waals surface area (Å²) >= 11 is 0. The monoisotopic (exact) mass is 319 g/mol. The SMILES string of the molecule is CC(c1ccccc1)n1cc(Cc2cc(N)nc3n[nH]nc23)cn1. The van der Waals surface area contributed by atoms with Crippen LogP contribution in [0.2, 0.25) is 0 Å². The lowest BCUT2D eigenvalue weighted by molar-refractivity contribution is 0.564. The normalized spacial score (nSPS) is 12.5. The molecule has 0 radical (unpaired) electrons. The van der Waals surface area contributed by atoms with E-state index in [1.807, 2.05) is 35.1 Å². The maximum atomic E-state index is 5.85. The van der Waals surface area contributed by atoms with Gasteiger partial charge in [-0.05, 0) is 29.7 Å². The molecule has 0 spiro atoms. The number of nitrogens with one attached hydrogen (secondary N) is 1. The molecule has 120 valence electrons. The van der Waals surface area contributed by atoms with Crippen molar-refractivity contribution in [3.8, 4) is 0 Å². The molecule has 0 amide bonds. The highest BCUT2D eigenvalue weighted by molar-refractivity contribution is 5.76. The van der Waals surface area contributed by atoms with Crippen molar-refractivity contribution in [2.24, 2.45) is 0 Å². The Morgan fingerprint density at radius 3 is 2.88 bits per heavy atom. The Labute approximate surface area is 138 Å². The maximum Gasteiger partial charge on any atom is 0.203 e. The van der Waals surface area contributed by atoms with Gasteiger partial charge in [0.05, 0.1) is 12.2 Å². The first-order valence-electron chi connectivity index (χ1n) is 7.74. The summed E-state index contributed by atoms with van der Waals surface area (Å²) < 4.78 is 1.97. The minimum atomic E-state index is 0.175. The van der Waals surface area contributed by atoms with Crippen LogP contribution < -0.4 is 5.73 Å². The summed E-state index contributed by atoms with van der Waals surface area (Å²) in [5.41, 5.74) is 10.4. The second-order valence-corrected chi connectivity index (χ2v) is 5.79. The highest BCUT2D eigenvalue weighted by Crippen LogP contribution is 2.21. The number of rotatable bonds is 4. The summed E-state index contributed by atoms with van der Waals surface area (Å²) in [6.07, 6.45) is 4.61. The van der Waals surface area contributed by atoms with Gasteiger partial charge in [0.1, 0.15) is 11.3 Å². The van der Waals surface area contributed by atoms with Gasteiger partial charge in [-0.2, -0.15) is 15.4 Å². The van der Waals surface area contributed by atoms with Gasteiger partial charge < -0.3 is 5.73 Å². The van der Waals surface area contributed by atoms with Gasteiger partial charge in [0, 0.05) is 12.6 Å². The highest BCUT2D eigenvalue weighted by atomic mass is 15.3. The average molecular weight is 319 g/mol. The number of hydrogen-bond donors (Lipinski definition) is 2. The molecule has 3 heterocycles. The van der Waals surface area contributed by atoms with Crippen LogP contribution in [-0.2, 0) is 6.42 Å². The summed E-state index contributed by atoms with van der Waals surface area (Å²) in [6, 6.07) is 12.3. The molecule has 0 saturated heterocycles. The van der Waals surface area contributed by atoms with Gasteiger partial charge in [-0.1, -0.05) is 30.3 Å². The van der Waals surface area contributed by atoms with Crippen molar-refractivity contribution in [2.75, 3.05) is 5.73 Å². The van der Waals surface area contributed by atoms with Crippen LogP contribution in [-0.4, -0.2) is 30.2 Å². The van der Waals surface area contributed by atoms with Crippen LogP contribution in [0.3, 0.4) is 0 Å². The van der Waals surface area contributed by atoms with Crippen LogP contribution in [0, 0.1) is 0 Å². The van der Waals surface area contributed by atoms with E-state index in [9.17, 15) is 0 Å². The van der Waals surface area contributed by atoms with Crippen molar-refractivity contribution in [1.82, 2.24) is 30.2 Å². The summed E-state index contributed by atoms with van der Waals surface area (Å²) in [5.74, 6) is 0.441. The lowest BCUT2D eigenvalue weighted by atomic mass is 10.1. The van der Waals surface area contributed by atoms with E-state index in [1.165, 1.54) is 5.56 Å². The van der Waals surface area contributed by atoms with E-state index in [1.54, 1.807) is 0 Å². The van der Waals surface area contributed by atoms with Gasteiger partial charge in [0.15, 0.2) is 0 Å². The Kier molecular flexibility index (Phi) is 3.45. The van der Waals surface area contributed by atoms with E-state index in [4.69, 9.17) is 5.73 Å². The van der Waals surface area contributed by atoms with Crippen molar-refractivity contribution in [1.29, 1.82) is 0 Å². The van der Waals surface area contributed by atoms with Crippen molar-refractivity contribution >= 4 is 17.0 Å². The molecule has 0 saturated carbocycles. The molecule has 1 aromatic carbocycles. The molecular weight excluding hydrogens is 302 g/mol. The fourth-order valence-electron chi connectivity index (χ4n) is 2.84. The number of pyridine rings is 1. The number of aromatic amines is 1. The zero-order valence-corrected chi connectivity index (χ0v) is 13.2. The van der Waals surface area contributed by atoms with Gasteiger partial charge in [-0.15, -0.1) is 5.10 Å². The Balaban J connectivity index is 1.62. The number of nitrogens with zero attached hydrogens (tertiary/aromatic N) is 5. The van der Waals surface area contributed by atoms with Crippen molar-refractivity contribution in [2.45, 2.75) is 19.4 Å². The van der Waals surface area contributed by atoms with E-state index in [0.29, 0.717) is 17.9 Å². The fraction of sp³-hybridized carbons (Fsp3) is 0.176. The van der Waals surface area contributed by atoms with Crippen molar-refractivity contribution in [3.05, 3.63) is 65.5 Å². The van der Waals surface area contributed by atoms with Gasteiger partial charge in [-0.25, -0.2) is 4.98 Å². The van der Waals surface area contributed by atoms with Crippen molar-refractivity contribution < 1.29 is 0 Å².